The normalized spacial score (nSPS) is 10.6. The highest BCUT2D eigenvalue weighted by Crippen LogP contribution is 2.25. The average molecular weight is 374 g/mol. The fourth-order valence-corrected chi connectivity index (χ4v) is 2.68. The van der Waals surface area contributed by atoms with Gasteiger partial charge in [0.2, 0.25) is 0 Å². The van der Waals surface area contributed by atoms with Gasteiger partial charge in [-0.25, -0.2) is 0 Å². The molecule has 0 aliphatic carbocycles. The topological polar surface area (TPSA) is 44.8 Å². The molecule has 0 saturated heterocycles. The molecule has 3 rings (SSSR count). The maximum Gasteiger partial charge on any atom is 0.189 e. The molecule has 0 heterocycles. The lowest BCUT2D eigenvalue weighted by atomic mass is 10.1. The van der Waals surface area contributed by atoms with Crippen LogP contribution >= 0.6 is 0 Å². The van der Waals surface area contributed by atoms with Crippen molar-refractivity contribution in [2.75, 3.05) is 14.2 Å². The van der Waals surface area contributed by atoms with Crippen LogP contribution in [0.25, 0.3) is 6.08 Å². The molecule has 0 atom stereocenters. The molecule has 0 unspecified atom stereocenters. The molecule has 0 saturated carbocycles. The number of methoxy groups -OCH3 is 2. The van der Waals surface area contributed by atoms with Gasteiger partial charge in [0.25, 0.3) is 0 Å². The number of benzene rings is 3. The van der Waals surface area contributed by atoms with Crippen molar-refractivity contribution in [3.63, 3.8) is 0 Å². The summed E-state index contributed by atoms with van der Waals surface area (Å²) in [6, 6.07) is 22.7. The Labute approximate surface area is 165 Å². The number of hydrogen-bond acceptors (Lipinski definition) is 4. The van der Waals surface area contributed by atoms with E-state index < -0.39 is 0 Å². The van der Waals surface area contributed by atoms with Gasteiger partial charge in [-0.2, -0.15) is 0 Å². The molecule has 3 aromatic carbocycles. The Morgan fingerprint density at radius 3 is 2.25 bits per heavy atom. The van der Waals surface area contributed by atoms with Gasteiger partial charge in [-0.1, -0.05) is 48.5 Å². The number of ketones is 1. The van der Waals surface area contributed by atoms with Crippen LogP contribution in [-0.4, -0.2) is 20.0 Å². The molecular formula is C24H22O4. The van der Waals surface area contributed by atoms with E-state index >= 15 is 0 Å². The third kappa shape index (κ3) is 5.01. The first-order chi connectivity index (χ1) is 13.7. The van der Waals surface area contributed by atoms with Crippen molar-refractivity contribution < 1.29 is 19.0 Å². The maximum absolute atomic E-state index is 12.5. The van der Waals surface area contributed by atoms with Crippen molar-refractivity contribution in [2.45, 2.75) is 6.61 Å². The molecule has 28 heavy (non-hydrogen) atoms. The second-order valence-electron chi connectivity index (χ2n) is 6.11. The minimum Gasteiger partial charge on any atom is -0.497 e. The minimum absolute atomic E-state index is 0.135. The molecule has 0 N–H and O–H groups in total. The van der Waals surface area contributed by atoms with Gasteiger partial charge in [-0.3, -0.25) is 4.79 Å². The van der Waals surface area contributed by atoms with Gasteiger partial charge in [0.1, 0.15) is 23.9 Å². The summed E-state index contributed by atoms with van der Waals surface area (Å²) in [6.45, 7) is 0.520. The molecule has 0 spiro atoms. The van der Waals surface area contributed by atoms with E-state index in [1.807, 2.05) is 54.6 Å². The van der Waals surface area contributed by atoms with Crippen LogP contribution in [-0.2, 0) is 6.61 Å². The van der Waals surface area contributed by atoms with Crippen LogP contribution in [0.15, 0.2) is 78.9 Å². The van der Waals surface area contributed by atoms with E-state index in [1.165, 1.54) is 13.2 Å². The second-order valence-corrected chi connectivity index (χ2v) is 6.11. The Balaban J connectivity index is 1.63. The van der Waals surface area contributed by atoms with E-state index in [0.29, 0.717) is 23.7 Å². The number of ether oxygens (including phenoxy) is 3. The molecule has 4 nitrogen and oxygen atoms in total. The van der Waals surface area contributed by atoms with Crippen molar-refractivity contribution >= 4 is 11.9 Å². The van der Waals surface area contributed by atoms with Crippen molar-refractivity contribution in [2.24, 2.45) is 0 Å². The summed E-state index contributed by atoms with van der Waals surface area (Å²) in [4.78, 5) is 12.5. The lowest BCUT2D eigenvalue weighted by Gasteiger charge is -2.08. The predicted molar refractivity (Wildman–Crippen MR) is 110 cm³/mol. The third-order valence-corrected chi connectivity index (χ3v) is 4.23. The molecule has 0 fully saturated rings. The molecule has 142 valence electrons. The minimum atomic E-state index is -0.135. The fraction of sp³-hybridized carbons (Fsp3) is 0.125. The Bertz CT molecular complexity index is 944. The molecule has 0 aliphatic rings. The molecule has 0 aromatic heterocycles. The Hall–Kier alpha value is -3.53. The van der Waals surface area contributed by atoms with Gasteiger partial charge in [-0.05, 0) is 41.5 Å². The summed E-state index contributed by atoms with van der Waals surface area (Å²) in [7, 11) is 3.10. The number of hydrogen-bond donors (Lipinski definition) is 0. The summed E-state index contributed by atoms with van der Waals surface area (Å²) in [5.41, 5.74) is 2.51. The zero-order chi connectivity index (χ0) is 19.8. The fourth-order valence-electron chi connectivity index (χ4n) is 2.68. The molecule has 0 amide bonds. The smallest absolute Gasteiger partial charge is 0.189 e. The van der Waals surface area contributed by atoms with Gasteiger partial charge in [-0.15, -0.1) is 0 Å². The largest absolute Gasteiger partial charge is 0.497 e. The van der Waals surface area contributed by atoms with Gasteiger partial charge in [0, 0.05) is 6.07 Å². The average Bonchev–Trinajstić information content (AvgIpc) is 2.77. The van der Waals surface area contributed by atoms with Crippen LogP contribution in [0.5, 0.6) is 17.2 Å². The molecular weight excluding hydrogens is 352 g/mol. The summed E-state index contributed by atoms with van der Waals surface area (Å²) in [6.07, 6.45) is 3.30. The van der Waals surface area contributed by atoms with Crippen LogP contribution in [0.4, 0.5) is 0 Å². The number of rotatable bonds is 8. The highest BCUT2D eigenvalue weighted by molar-refractivity contribution is 6.08. The van der Waals surface area contributed by atoms with Crippen LogP contribution < -0.4 is 14.2 Å². The van der Waals surface area contributed by atoms with Crippen molar-refractivity contribution in [1.29, 1.82) is 0 Å². The number of allylic oxidation sites excluding steroid dienone is 1. The predicted octanol–water partition coefficient (Wildman–Crippen LogP) is 5.18. The zero-order valence-electron chi connectivity index (χ0n) is 15.9. The van der Waals surface area contributed by atoms with Crippen molar-refractivity contribution in [1.82, 2.24) is 0 Å². The zero-order valence-corrected chi connectivity index (χ0v) is 15.9. The molecule has 0 radical (unpaired) electrons. The van der Waals surface area contributed by atoms with E-state index in [9.17, 15) is 4.79 Å². The van der Waals surface area contributed by atoms with Crippen LogP contribution in [0, 0.1) is 0 Å². The lowest BCUT2D eigenvalue weighted by molar-refractivity contribution is 0.104. The lowest BCUT2D eigenvalue weighted by Crippen LogP contribution is -1.99. The Kier molecular flexibility index (Phi) is 6.47. The first kappa shape index (κ1) is 19.2. The van der Waals surface area contributed by atoms with Crippen molar-refractivity contribution in [3.05, 3.63) is 95.6 Å². The maximum atomic E-state index is 12.5. The molecule has 0 bridgehead atoms. The van der Waals surface area contributed by atoms with Crippen LogP contribution in [0.1, 0.15) is 21.5 Å². The van der Waals surface area contributed by atoms with Crippen LogP contribution in [0.2, 0.25) is 0 Å². The molecule has 3 aromatic rings. The van der Waals surface area contributed by atoms with Gasteiger partial charge in [0.05, 0.1) is 19.8 Å². The molecule has 0 aliphatic heterocycles. The quantitative estimate of drug-likeness (QED) is 0.403. The van der Waals surface area contributed by atoms with E-state index in [0.717, 1.165) is 16.9 Å². The van der Waals surface area contributed by atoms with E-state index in [1.54, 1.807) is 31.4 Å². The highest BCUT2D eigenvalue weighted by atomic mass is 16.5. The highest BCUT2D eigenvalue weighted by Gasteiger charge is 2.10. The summed E-state index contributed by atoms with van der Waals surface area (Å²) < 4.78 is 16.2. The Morgan fingerprint density at radius 1 is 0.857 bits per heavy atom. The van der Waals surface area contributed by atoms with E-state index in [2.05, 4.69) is 0 Å². The molecule has 4 heteroatoms. The van der Waals surface area contributed by atoms with E-state index in [4.69, 9.17) is 14.2 Å². The van der Waals surface area contributed by atoms with E-state index in [-0.39, 0.29) is 5.78 Å². The van der Waals surface area contributed by atoms with Gasteiger partial charge >= 0.3 is 0 Å². The van der Waals surface area contributed by atoms with Crippen molar-refractivity contribution in [3.8, 4) is 17.2 Å². The van der Waals surface area contributed by atoms with Gasteiger partial charge in [0.15, 0.2) is 5.78 Å². The SMILES string of the molecule is COc1ccc(C(=O)/C=C/c2ccc(OCc3ccccc3)cc2)c(OC)c1. The number of carbonyl (C=O) groups excluding carboxylic acids is 1. The number of carbonyl (C=O) groups is 1. The summed E-state index contributed by atoms with van der Waals surface area (Å²) >= 11 is 0. The second kappa shape index (κ2) is 9.42. The Morgan fingerprint density at radius 2 is 1.57 bits per heavy atom. The summed E-state index contributed by atoms with van der Waals surface area (Å²) in [5, 5.41) is 0. The third-order valence-electron chi connectivity index (χ3n) is 4.23. The first-order valence-electron chi connectivity index (χ1n) is 8.91. The monoisotopic (exact) mass is 374 g/mol. The standard InChI is InChI=1S/C24H22O4/c1-26-21-13-14-22(24(16-21)27-2)23(25)15-10-18-8-11-20(12-9-18)28-17-19-6-4-3-5-7-19/h3-16H,17H2,1-2H3/b15-10+. The van der Waals surface area contributed by atoms with Gasteiger partial charge < -0.3 is 14.2 Å². The van der Waals surface area contributed by atoms with Crippen LogP contribution in [0.3, 0.4) is 0 Å². The first-order valence-corrected chi connectivity index (χ1v) is 8.91. The summed E-state index contributed by atoms with van der Waals surface area (Å²) in [5.74, 6) is 1.77.